The van der Waals surface area contributed by atoms with Crippen molar-refractivity contribution in [2.75, 3.05) is 13.1 Å². The van der Waals surface area contributed by atoms with E-state index in [4.69, 9.17) is 0 Å². The summed E-state index contributed by atoms with van der Waals surface area (Å²) in [6.07, 6.45) is -1.14. The van der Waals surface area contributed by atoms with Crippen LogP contribution in [0.2, 0.25) is 0 Å². The Morgan fingerprint density at radius 2 is 2.09 bits per heavy atom. The normalized spacial score (nSPS) is 18.5. The lowest BCUT2D eigenvalue weighted by Crippen LogP contribution is -2.40. The van der Waals surface area contributed by atoms with E-state index < -0.39 is 11.9 Å². The first-order chi connectivity index (χ1) is 10.3. The second-order valence-electron chi connectivity index (χ2n) is 5.86. The Balaban J connectivity index is 1.92. The van der Waals surface area contributed by atoms with Crippen LogP contribution in [0.1, 0.15) is 56.2 Å². The molecule has 1 atom stereocenters. The van der Waals surface area contributed by atoms with Crippen molar-refractivity contribution in [3.8, 4) is 0 Å². The van der Waals surface area contributed by atoms with Crippen molar-refractivity contribution in [3.63, 3.8) is 0 Å². The van der Waals surface area contributed by atoms with Crippen LogP contribution in [0.3, 0.4) is 0 Å². The van der Waals surface area contributed by atoms with Crippen LogP contribution >= 0.6 is 11.3 Å². The number of hydrogen-bond donors (Lipinski definition) is 0. The van der Waals surface area contributed by atoms with Crippen molar-refractivity contribution >= 4 is 17.2 Å². The standard InChI is InChI=1S/C15H21F3N2OS/c1-3-4-10(2)14(21)20-7-5-11(6-8-20)13-19-12(9-22-13)15(16,17)18/h9-11H,3-8H2,1-2H3. The predicted octanol–water partition coefficient (Wildman–Crippen LogP) is 4.30. The van der Waals surface area contributed by atoms with Crippen LogP contribution in [0.15, 0.2) is 5.38 Å². The van der Waals surface area contributed by atoms with E-state index in [0.29, 0.717) is 30.9 Å². The number of piperidine rings is 1. The van der Waals surface area contributed by atoms with E-state index in [-0.39, 0.29) is 17.7 Å². The van der Waals surface area contributed by atoms with Gasteiger partial charge in [0.1, 0.15) is 0 Å². The molecule has 0 saturated carbocycles. The average molecular weight is 334 g/mol. The van der Waals surface area contributed by atoms with Gasteiger partial charge in [0.25, 0.3) is 0 Å². The molecular formula is C15H21F3N2OS. The molecule has 2 rings (SSSR count). The number of aromatic nitrogens is 1. The first-order valence-electron chi connectivity index (χ1n) is 7.64. The molecule has 0 radical (unpaired) electrons. The Morgan fingerprint density at radius 1 is 1.45 bits per heavy atom. The molecule has 1 fully saturated rings. The molecule has 124 valence electrons. The smallest absolute Gasteiger partial charge is 0.342 e. The molecule has 3 nitrogen and oxygen atoms in total. The summed E-state index contributed by atoms with van der Waals surface area (Å²) >= 11 is 1.07. The van der Waals surface area contributed by atoms with Crippen LogP contribution in [-0.2, 0) is 11.0 Å². The van der Waals surface area contributed by atoms with Crippen molar-refractivity contribution in [1.82, 2.24) is 9.88 Å². The molecular weight excluding hydrogens is 313 g/mol. The first kappa shape index (κ1) is 17.2. The lowest BCUT2D eigenvalue weighted by Gasteiger charge is -2.32. The van der Waals surface area contributed by atoms with Gasteiger partial charge in [0.05, 0.1) is 5.01 Å². The SMILES string of the molecule is CCCC(C)C(=O)N1CCC(c2nc(C(F)(F)F)cs2)CC1. The van der Waals surface area contributed by atoms with E-state index in [0.717, 1.165) is 29.6 Å². The van der Waals surface area contributed by atoms with E-state index in [1.54, 1.807) is 0 Å². The molecule has 1 unspecified atom stereocenters. The Bertz CT molecular complexity index is 507. The third kappa shape index (κ3) is 4.00. The molecule has 1 aliphatic rings. The number of carbonyl (C=O) groups excluding carboxylic acids is 1. The molecule has 1 aliphatic heterocycles. The van der Waals surface area contributed by atoms with Crippen LogP contribution in [0, 0.1) is 5.92 Å². The summed E-state index contributed by atoms with van der Waals surface area (Å²) in [7, 11) is 0. The van der Waals surface area contributed by atoms with Crippen molar-refractivity contribution in [2.45, 2.75) is 51.6 Å². The third-order valence-corrected chi connectivity index (χ3v) is 5.12. The van der Waals surface area contributed by atoms with E-state index in [1.807, 2.05) is 11.8 Å². The second kappa shape index (κ2) is 6.98. The summed E-state index contributed by atoms with van der Waals surface area (Å²) in [5, 5.41) is 1.62. The highest BCUT2D eigenvalue weighted by Gasteiger charge is 2.35. The number of alkyl halides is 3. The van der Waals surface area contributed by atoms with E-state index in [1.165, 1.54) is 0 Å². The molecule has 1 aromatic heterocycles. The summed E-state index contributed by atoms with van der Waals surface area (Å²) in [5.74, 6) is 0.222. The number of rotatable bonds is 4. The minimum absolute atomic E-state index is 0.0262. The van der Waals surface area contributed by atoms with Gasteiger partial charge in [-0.3, -0.25) is 4.79 Å². The Labute approximate surface area is 132 Å². The molecule has 22 heavy (non-hydrogen) atoms. The molecule has 7 heteroatoms. The van der Waals surface area contributed by atoms with Gasteiger partial charge in [-0.1, -0.05) is 20.3 Å². The van der Waals surface area contributed by atoms with Gasteiger partial charge >= 0.3 is 6.18 Å². The minimum atomic E-state index is -4.37. The van der Waals surface area contributed by atoms with Crippen molar-refractivity contribution in [1.29, 1.82) is 0 Å². The summed E-state index contributed by atoms with van der Waals surface area (Å²) in [5.41, 5.74) is -0.803. The highest BCUT2D eigenvalue weighted by atomic mass is 32.1. The van der Waals surface area contributed by atoms with Crippen molar-refractivity contribution in [2.24, 2.45) is 5.92 Å². The molecule has 0 spiro atoms. The molecule has 1 aromatic rings. The lowest BCUT2D eigenvalue weighted by atomic mass is 9.95. The summed E-state index contributed by atoms with van der Waals surface area (Å²) in [6, 6.07) is 0. The zero-order chi connectivity index (χ0) is 16.3. The topological polar surface area (TPSA) is 33.2 Å². The second-order valence-corrected chi connectivity index (χ2v) is 6.75. The monoisotopic (exact) mass is 334 g/mol. The molecule has 0 N–H and O–H groups in total. The van der Waals surface area contributed by atoms with E-state index >= 15 is 0 Å². The Kier molecular flexibility index (Phi) is 5.47. The largest absolute Gasteiger partial charge is 0.434 e. The van der Waals surface area contributed by atoms with Gasteiger partial charge < -0.3 is 4.90 Å². The molecule has 1 amide bonds. The van der Waals surface area contributed by atoms with Gasteiger partial charge in [-0.05, 0) is 19.3 Å². The number of hydrogen-bond acceptors (Lipinski definition) is 3. The number of halogens is 3. The number of likely N-dealkylation sites (tertiary alicyclic amines) is 1. The maximum Gasteiger partial charge on any atom is 0.434 e. The zero-order valence-corrected chi connectivity index (χ0v) is 13.6. The van der Waals surface area contributed by atoms with Crippen molar-refractivity contribution < 1.29 is 18.0 Å². The number of amides is 1. The quantitative estimate of drug-likeness (QED) is 0.822. The van der Waals surface area contributed by atoms with Crippen LogP contribution in [0.4, 0.5) is 13.2 Å². The molecule has 1 saturated heterocycles. The van der Waals surface area contributed by atoms with E-state index in [9.17, 15) is 18.0 Å². The fraction of sp³-hybridized carbons (Fsp3) is 0.733. The van der Waals surface area contributed by atoms with E-state index in [2.05, 4.69) is 11.9 Å². The minimum Gasteiger partial charge on any atom is -0.342 e. The summed E-state index contributed by atoms with van der Waals surface area (Å²) in [4.78, 5) is 17.8. The number of carbonyl (C=O) groups is 1. The van der Waals surface area contributed by atoms with Crippen LogP contribution in [-0.4, -0.2) is 28.9 Å². The van der Waals surface area contributed by atoms with Gasteiger partial charge in [0.15, 0.2) is 5.69 Å². The number of thiazole rings is 1. The fourth-order valence-corrected chi connectivity index (χ4v) is 3.82. The van der Waals surface area contributed by atoms with Crippen molar-refractivity contribution in [3.05, 3.63) is 16.1 Å². The van der Waals surface area contributed by atoms with Crippen LogP contribution < -0.4 is 0 Å². The Hall–Kier alpha value is -1.11. The fourth-order valence-electron chi connectivity index (χ4n) is 2.82. The van der Waals surface area contributed by atoms with Gasteiger partial charge in [-0.25, -0.2) is 4.98 Å². The Morgan fingerprint density at radius 3 is 2.59 bits per heavy atom. The third-order valence-electron chi connectivity index (χ3n) is 4.11. The highest BCUT2D eigenvalue weighted by Crippen LogP contribution is 2.35. The van der Waals surface area contributed by atoms with Crippen LogP contribution in [0.25, 0.3) is 0 Å². The molecule has 0 aliphatic carbocycles. The molecule has 2 heterocycles. The van der Waals surface area contributed by atoms with Crippen LogP contribution in [0.5, 0.6) is 0 Å². The highest BCUT2D eigenvalue weighted by molar-refractivity contribution is 7.09. The summed E-state index contributed by atoms with van der Waals surface area (Å²) < 4.78 is 37.8. The lowest BCUT2D eigenvalue weighted by molar-refractivity contribution is -0.140. The summed E-state index contributed by atoms with van der Waals surface area (Å²) in [6.45, 7) is 5.21. The average Bonchev–Trinajstić information content (AvgIpc) is 2.97. The molecule has 0 aromatic carbocycles. The van der Waals surface area contributed by atoms with Gasteiger partial charge in [0.2, 0.25) is 5.91 Å². The zero-order valence-electron chi connectivity index (χ0n) is 12.8. The number of nitrogens with zero attached hydrogens (tertiary/aromatic N) is 2. The van der Waals surface area contributed by atoms with Gasteiger partial charge in [-0.15, -0.1) is 11.3 Å². The molecule has 0 bridgehead atoms. The predicted molar refractivity (Wildman–Crippen MR) is 79.7 cm³/mol. The van der Waals surface area contributed by atoms with Gasteiger partial charge in [0, 0.05) is 30.3 Å². The maximum absolute atomic E-state index is 12.6. The first-order valence-corrected chi connectivity index (χ1v) is 8.52. The maximum atomic E-state index is 12.6. The van der Waals surface area contributed by atoms with Gasteiger partial charge in [-0.2, -0.15) is 13.2 Å².